The van der Waals surface area contributed by atoms with Gasteiger partial charge in [-0.1, -0.05) is 19.1 Å². The van der Waals surface area contributed by atoms with Crippen LogP contribution in [0.1, 0.15) is 40.7 Å². The number of rotatable bonds is 6. The summed E-state index contributed by atoms with van der Waals surface area (Å²) in [4.78, 5) is 37.0. The van der Waals surface area contributed by atoms with E-state index in [1.54, 1.807) is 25.1 Å². The predicted molar refractivity (Wildman–Crippen MR) is 116 cm³/mol. The molecular formula is C23H21F3N4O3. The molecule has 3 aromatic rings. The Morgan fingerprint density at radius 1 is 0.970 bits per heavy atom. The van der Waals surface area contributed by atoms with Gasteiger partial charge in [0.05, 0.1) is 28.2 Å². The number of hydrogen-bond acceptors (Lipinski definition) is 4. The molecule has 1 aromatic heterocycles. The van der Waals surface area contributed by atoms with Gasteiger partial charge in [0.15, 0.2) is 0 Å². The molecule has 0 bridgehead atoms. The first-order chi connectivity index (χ1) is 15.5. The number of anilines is 2. The zero-order valence-corrected chi connectivity index (χ0v) is 18.1. The molecule has 0 fully saturated rings. The van der Waals surface area contributed by atoms with E-state index in [1.807, 2.05) is 0 Å². The standard InChI is InChI=1S/C23H21F3N4O3/c1-4-19(31)27-16-8-6-9-17(12-16)28-22(33)21(32)20-13(2)29-30(14(20)3)18-10-5-7-15(11-18)23(24,25)26/h5-12H,4H2,1-3H3,(H,27,31)(H,28,33). The Kier molecular flexibility index (Phi) is 6.66. The maximum Gasteiger partial charge on any atom is 0.416 e. The average Bonchev–Trinajstić information content (AvgIpc) is 3.06. The Morgan fingerprint density at radius 3 is 2.24 bits per heavy atom. The lowest BCUT2D eigenvalue weighted by Gasteiger charge is -2.10. The molecule has 0 atom stereocenters. The highest BCUT2D eigenvalue weighted by Gasteiger charge is 2.31. The second-order valence-corrected chi connectivity index (χ2v) is 7.27. The van der Waals surface area contributed by atoms with Gasteiger partial charge in [-0.15, -0.1) is 0 Å². The predicted octanol–water partition coefficient (Wildman–Crippen LogP) is 4.68. The molecule has 2 amide bonds. The van der Waals surface area contributed by atoms with Crippen molar-refractivity contribution in [2.24, 2.45) is 0 Å². The summed E-state index contributed by atoms with van der Waals surface area (Å²) in [7, 11) is 0. The van der Waals surface area contributed by atoms with Crippen LogP contribution < -0.4 is 10.6 Å². The van der Waals surface area contributed by atoms with E-state index >= 15 is 0 Å². The summed E-state index contributed by atoms with van der Waals surface area (Å²) < 4.78 is 40.4. The number of ketones is 1. The molecular weight excluding hydrogens is 437 g/mol. The van der Waals surface area contributed by atoms with Crippen LogP contribution in [0.25, 0.3) is 5.69 Å². The molecule has 0 spiro atoms. The van der Waals surface area contributed by atoms with E-state index in [-0.39, 0.29) is 35.0 Å². The van der Waals surface area contributed by atoms with Gasteiger partial charge in [0.2, 0.25) is 5.91 Å². The van der Waals surface area contributed by atoms with Gasteiger partial charge in [-0.3, -0.25) is 14.4 Å². The SMILES string of the molecule is CCC(=O)Nc1cccc(NC(=O)C(=O)c2c(C)nn(-c3cccc(C(F)(F)F)c3)c2C)c1. The number of carbonyl (C=O) groups is 3. The minimum atomic E-state index is -4.53. The van der Waals surface area contributed by atoms with Gasteiger partial charge in [0.25, 0.3) is 11.7 Å². The third kappa shape index (κ3) is 5.28. The summed E-state index contributed by atoms with van der Waals surface area (Å²) in [5.41, 5.74) is 0.447. The van der Waals surface area contributed by atoms with Crippen molar-refractivity contribution in [3.05, 3.63) is 71.0 Å². The van der Waals surface area contributed by atoms with Crippen molar-refractivity contribution in [3.8, 4) is 5.69 Å². The molecule has 2 aromatic carbocycles. The molecule has 2 N–H and O–H groups in total. The zero-order chi connectivity index (χ0) is 24.3. The van der Waals surface area contributed by atoms with E-state index < -0.39 is 23.4 Å². The number of amides is 2. The summed E-state index contributed by atoms with van der Waals surface area (Å²) in [5, 5.41) is 9.30. The lowest BCUT2D eigenvalue weighted by atomic mass is 10.1. The average molecular weight is 458 g/mol. The van der Waals surface area contributed by atoms with Crippen LogP contribution in [0.4, 0.5) is 24.5 Å². The molecule has 0 aliphatic heterocycles. The third-order valence-corrected chi connectivity index (χ3v) is 4.87. The first-order valence-corrected chi connectivity index (χ1v) is 10.0. The molecule has 172 valence electrons. The fourth-order valence-corrected chi connectivity index (χ4v) is 3.26. The van der Waals surface area contributed by atoms with E-state index in [0.717, 1.165) is 12.1 Å². The molecule has 1 heterocycles. The lowest BCUT2D eigenvalue weighted by molar-refractivity contribution is -0.137. The number of aromatic nitrogens is 2. The van der Waals surface area contributed by atoms with Gasteiger partial charge in [-0.05, 0) is 50.2 Å². The van der Waals surface area contributed by atoms with Gasteiger partial charge in [0, 0.05) is 17.8 Å². The second kappa shape index (κ2) is 9.27. The number of hydrogen-bond donors (Lipinski definition) is 2. The Bertz CT molecular complexity index is 1230. The number of nitrogens with zero attached hydrogens (tertiary/aromatic N) is 2. The van der Waals surface area contributed by atoms with Crippen LogP contribution in [-0.2, 0) is 15.8 Å². The van der Waals surface area contributed by atoms with E-state index in [2.05, 4.69) is 15.7 Å². The number of carbonyl (C=O) groups excluding carboxylic acids is 3. The van der Waals surface area contributed by atoms with Crippen molar-refractivity contribution < 1.29 is 27.6 Å². The molecule has 0 saturated heterocycles. The number of alkyl halides is 3. The van der Waals surface area contributed by atoms with Gasteiger partial charge < -0.3 is 10.6 Å². The van der Waals surface area contributed by atoms with E-state index in [0.29, 0.717) is 11.4 Å². The lowest BCUT2D eigenvalue weighted by Crippen LogP contribution is -2.24. The molecule has 3 rings (SSSR count). The summed E-state index contributed by atoms with van der Waals surface area (Å²) in [6.45, 7) is 4.70. The van der Waals surface area contributed by atoms with Crippen molar-refractivity contribution in [3.63, 3.8) is 0 Å². The van der Waals surface area contributed by atoms with E-state index in [9.17, 15) is 27.6 Å². The minimum Gasteiger partial charge on any atom is -0.326 e. The first-order valence-electron chi connectivity index (χ1n) is 10.0. The molecule has 0 aliphatic carbocycles. The highest BCUT2D eigenvalue weighted by Crippen LogP contribution is 2.31. The smallest absolute Gasteiger partial charge is 0.326 e. The Balaban J connectivity index is 1.86. The maximum atomic E-state index is 13.1. The number of nitrogens with one attached hydrogen (secondary N) is 2. The van der Waals surface area contributed by atoms with Crippen LogP contribution in [0.5, 0.6) is 0 Å². The Morgan fingerprint density at radius 2 is 1.61 bits per heavy atom. The fourth-order valence-electron chi connectivity index (χ4n) is 3.26. The van der Waals surface area contributed by atoms with Gasteiger partial charge in [0.1, 0.15) is 0 Å². The Hall–Kier alpha value is -3.95. The van der Waals surface area contributed by atoms with Gasteiger partial charge in [-0.25, -0.2) is 4.68 Å². The molecule has 0 unspecified atom stereocenters. The fraction of sp³-hybridized carbons (Fsp3) is 0.217. The number of Topliss-reactive ketones (excluding diaryl/α,β-unsaturated/α-hetero) is 1. The third-order valence-electron chi connectivity index (χ3n) is 4.87. The summed E-state index contributed by atoms with van der Waals surface area (Å²) in [5.74, 6) is -2.03. The van der Waals surface area contributed by atoms with Crippen molar-refractivity contribution >= 4 is 29.0 Å². The van der Waals surface area contributed by atoms with Crippen molar-refractivity contribution in [1.82, 2.24) is 9.78 Å². The van der Waals surface area contributed by atoms with Crippen molar-refractivity contribution in [2.75, 3.05) is 10.6 Å². The topological polar surface area (TPSA) is 93.1 Å². The maximum absolute atomic E-state index is 13.1. The van der Waals surface area contributed by atoms with E-state index in [1.165, 1.54) is 36.7 Å². The Labute approximate surface area is 187 Å². The summed E-state index contributed by atoms with van der Waals surface area (Å²) in [6.07, 6.45) is -4.25. The van der Waals surface area contributed by atoms with Crippen LogP contribution in [0.3, 0.4) is 0 Å². The van der Waals surface area contributed by atoms with Crippen LogP contribution in [-0.4, -0.2) is 27.4 Å². The molecule has 0 saturated carbocycles. The molecule has 33 heavy (non-hydrogen) atoms. The number of halogens is 3. The second-order valence-electron chi connectivity index (χ2n) is 7.27. The van der Waals surface area contributed by atoms with Gasteiger partial charge >= 0.3 is 6.18 Å². The van der Waals surface area contributed by atoms with Gasteiger partial charge in [-0.2, -0.15) is 18.3 Å². The minimum absolute atomic E-state index is 0.000326. The molecule has 7 nitrogen and oxygen atoms in total. The van der Waals surface area contributed by atoms with Crippen LogP contribution in [0, 0.1) is 13.8 Å². The van der Waals surface area contributed by atoms with Crippen molar-refractivity contribution in [2.45, 2.75) is 33.4 Å². The van der Waals surface area contributed by atoms with Crippen molar-refractivity contribution in [1.29, 1.82) is 0 Å². The number of benzene rings is 2. The van der Waals surface area contributed by atoms with Crippen LogP contribution in [0.2, 0.25) is 0 Å². The monoisotopic (exact) mass is 458 g/mol. The zero-order valence-electron chi connectivity index (χ0n) is 18.1. The number of aryl methyl sites for hydroxylation is 1. The van der Waals surface area contributed by atoms with Crippen LogP contribution >= 0.6 is 0 Å². The highest BCUT2D eigenvalue weighted by atomic mass is 19.4. The molecule has 0 aliphatic rings. The normalized spacial score (nSPS) is 11.2. The first kappa shape index (κ1) is 23.7. The quantitative estimate of drug-likeness (QED) is 0.415. The molecule has 10 heteroatoms. The molecule has 0 radical (unpaired) electrons. The van der Waals surface area contributed by atoms with Crippen LogP contribution in [0.15, 0.2) is 48.5 Å². The highest BCUT2D eigenvalue weighted by molar-refractivity contribution is 6.47. The summed E-state index contributed by atoms with van der Waals surface area (Å²) >= 11 is 0. The largest absolute Gasteiger partial charge is 0.416 e. The summed E-state index contributed by atoms with van der Waals surface area (Å²) in [6, 6.07) is 10.8. The van der Waals surface area contributed by atoms with E-state index in [4.69, 9.17) is 0 Å².